The SMILES string of the molecule is CC[C@H](NC(=O)Cc1cc(C)no1)c1nc(C)c(C)s1. The molecule has 108 valence electrons. The van der Waals surface area contributed by atoms with Gasteiger partial charge in [0.1, 0.15) is 10.8 Å². The van der Waals surface area contributed by atoms with E-state index in [2.05, 4.69) is 15.5 Å². The predicted octanol–water partition coefficient (Wildman–Crippen LogP) is 2.87. The molecule has 1 amide bonds. The number of nitrogens with zero attached hydrogens (tertiary/aromatic N) is 2. The summed E-state index contributed by atoms with van der Waals surface area (Å²) in [4.78, 5) is 17.7. The predicted molar refractivity (Wildman–Crippen MR) is 77.7 cm³/mol. The topological polar surface area (TPSA) is 68.0 Å². The molecule has 2 rings (SSSR count). The van der Waals surface area contributed by atoms with Crippen molar-refractivity contribution in [2.24, 2.45) is 0 Å². The molecule has 0 radical (unpaired) electrons. The van der Waals surface area contributed by atoms with Gasteiger partial charge in [-0.15, -0.1) is 11.3 Å². The third kappa shape index (κ3) is 3.45. The van der Waals surface area contributed by atoms with Crippen molar-refractivity contribution < 1.29 is 9.32 Å². The van der Waals surface area contributed by atoms with Crippen LogP contribution in [-0.4, -0.2) is 16.0 Å². The van der Waals surface area contributed by atoms with E-state index in [0.717, 1.165) is 22.8 Å². The van der Waals surface area contributed by atoms with Gasteiger partial charge in [-0.25, -0.2) is 4.98 Å². The van der Waals surface area contributed by atoms with E-state index in [4.69, 9.17) is 4.52 Å². The highest BCUT2D eigenvalue weighted by atomic mass is 32.1. The number of aryl methyl sites for hydroxylation is 3. The minimum absolute atomic E-state index is 0.0380. The molecule has 6 heteroatoms. The molecule has 5 nitrogen and oxygen atoms in total. The number of rotatable bonds is 5. The minimum atomic E-state index is -0.0708. The van der Waals surface area contributed by atoms with Gasteiger partial charge in [-0.3, -0.25) is 4.79 Å². The minimum Gasteiger partial charge on any atom is -0.361 e. The fourth-order valence-corrected chi connectivity index (χ4v) is 2.95. The Labute approximate surface area is 122 Å². The number of carbonyl (C=O) groups is 1. The molecule has 0 aliphatic heterocycles. The highest BCUT2D eigenvalue weighted by molar-refractivity contribution is 7.11. The number of nitrogens with one attached hydrogen (secondary N) is 1. The van der Waals surface area contributed by atoms with Crippen LogP contribution in [0.1, 0.15) is 46.4 Å². The first-order valence-electron chi connectivity index (χ1n) is 6.65. The number of thiazole rings is 1. The normalized spacial score (nSPS) is 12.4. The number of amides is 1. The van der Waals surface area contributed by atoms with Gasteiger partial charge in [-0.1, -0.05) is 12.1 Å². The third-order valence-electron chi connectivity index (χ3n) is 3.10. The zero-order chi connectivity index (χ0) is 14.7. The van der Waals surface area contributed by atoms with Crippen LogP contribution >= 0.6 is 11.3 Å². The van der Waals surface area contributed by atoms with Gasteiger partial charge in [-0.05, 0) is 27.2 Å². The average Bonchev–Trinajstić information content (AvgIpc) is 2.93. The first kappa shape index (κ1) is 14.7. The van der Waals surface area contributed by atoms with Crippen molar-refractivity contribution >= 4 is 17.2 Å². The first-order valence-corrected chi connectivity index (χ1v) is 7.46. The van der Waals surface area contributed by atoms with Crippen LogP contribution in [0.2, 0.25) is 0 Å². The van der Waals surface area contributed by atoms with Crippen LogP contribution in [0.4, 0.5) is 0 Å². The van der Waals surface area contributed by atoms with Gasteiger partial charge in [0.05, 0.1) is 23.9 Å². The van der Waals surface area contributed by atoms with E-state index in [0.29, 0.717) is 5.76 Å². The Balaban J connectivity index is 2.00. The van der Waals surface area contributed by atoms with Gasteiger partial charge < -0.3 is 9.84 Å². The maximum Gasteiger partial charge on any atom is 0.228 e. The Morgan fingerprint density at radius 2 is 2.20 bits per heavy atom. The summed E-state index contributed by atoms with van der Waals surface area (Å²) in [6.45, 7) is 7.90. The number of aromatic nitrogens is 2. The molecule has 20 heavy (non-hydrogen) atoms. The van der Waals surface area contributed by atoms with Crippen molar-refractivity contribution in [3.8, 4) is 0 Å². The molecule has 2 heterocycles. The molecule has 0 bridgehead atoms. The second-order valence-corrected chi connectivity index (χ2v) is 6.07. The van der Waals surface area contributed by atoms with Crippen molar-refractivity contribution in [1.29, 1.82) is 0 Å². The highest BCUT2D eigenvalue weighted by Crippen LogP contribution is 2.24. The summed E-state index contributed by atoms with van der Waals surface area (Å²) >= 11 is 1.64. The molecule has 0 saturated heterocycles. The number of carbonyl (C=O) groups excluding carboxylic acids is 1. The lowest BCUT2D eigenvalue weighted by Gasteiger charge is -2.13. The van der Waals surface area contributed by atoms with Crippen LogP contribution < -0.4 is 5.32 Å². The van der Waals surface area contributed by atoms with Crippen LogP contribution in [0, 0.1) is 20.8 Å². The number of hydrogen-bond donors (Lipinski definition) is 1. The van der Waals surface area contributed by atoms with Gasteiger partial charge in [0, 0.05) is 10.9 Å². The van der Waals surface area contributed by atoms with E-state index < -0.39 is 0 Å². The maximum absolute atomic E-state index is 12.0. The summed E-state index contributed by atoms with van der Waals surface area (Å²) in [7, 11) is 0. The lowest BCUT2D eigenvalue weighted by atomic mass is 10.2. The van der Waals surface area contributed by atoms with E-state index in [9.17, 15) is 4.79 Å². The second kappa shape index (κ2) is 6.17. The van der Waals surface area contributed by atoms with Crippen LogP contribution in [0.15, 0.2) is 10.6 Å². The third-order valence-corrected chi connectivity index (χ3v) is 4.28. The van der Waals surface area contributed by atoms with Crippen molar-refractivity contribution in [1.82, 2.24) is 15.5 Å². The van der Waals surface area contributed by atoms with E-state index >= 15 is 0 Å². The Morgan fingerprint density at radius 1 is 1.45 bits per heavy atom. The van der Waals surface area contributed by atoms with Crippen molar-refractivity contribution in [3.63, 3.8) is 0 Å². The molecule has 0 spiro atoms. The zero-order valence-corrected chi connectivity index (χ0v) is 13.0. The van der Waals surface area contributed by atoms with Crippen molar-refractivity contribution in [2.45, 2.75) is 46.6 Å². The average molecular weight is 293 g/mol. The Hall–Kier alpha value is -1.69. The Kier molecular flexibility index (Phi) is 4.54. The molecular weight excluding hydrogens is 274 g/mol. The van der Waals surface area contributed by atoms with Crippen LogP contribution in [0.25, 0.3) is 0 Å². The molecular formula is C14H19N3O2S. The molecule has 0 saturated carbocycles. The Morgan fingerprint density at radius 3 is 2.70 bits per heavy atom. The van der Waals surface area contributed by atoms with E-state index in [1.54, 1.807) is 17.4 Å². The summed E-state index contributed by atoms with van der Waals surface area (Å²) in [6, 6.07) is 1.74. The molecule has 0 aliphatic rings. The summed E-state index contributed by atoms with van der Waals surface area (Å²) in [6.07, 6.45) is 1.02. The molecule has 2 aromatic rings. The standard InChI is InChI=1S/C14H19N3O2S/c1-5-12(14-15-9(3)10(4)20-14)16-13(18)7-11-6-8(2)17-19-11/h6,12H,5,7H2,1-4H3,(H,16,18)/t12-/m0/s1. The largest absolute Gasteiger partial charge is 0.361 e. The van der Waals surface area contributed by atoms with Gasteiger partial charge >= 0.3 is 0 Å². The molecule has 1 atom stereocenters. The summed E-state index contributed by atoms with van der Waals surface area (Å²) in [5.74, 6) is 0.514. The zero-order valence-electron chi connectivity index (χ0n) is 12.2. The van der Waals surface area contributed by atoms with Gasteiger partial charge in [0.2, 0.25) is 5.91 Å². The molecule has 0 aliphatic carbocycles. The maximum atomic E-state index is 12.0. The molecule has 0 fully saturated rings. The van der Waals surface area contributed by atoms with Crippen LogP contribution in [-0.2, 0) is 11.2 Å². The lowest BCUT2D eigenvalue weighted by Crippen LogP contribution is -2.29. The van der Waals surface area contributed by atoms with E-state index in [1.807, 2.05) is 27.7 Å². The molecule has 1 N–H and O–H groups in total. The van der Waals surface area contributed by atoms with Crippen LogP contribution in [0.3, 0.4) is 0 Å². The van der Waals surface area contributed by atoms with E-state index in [1.165, 1.54) is 4.88 Å². The number of hydrogen-bond acceptors (Lipinski definition) is 5. The summed E-state index contributed by atoms with van der Waals surface area (Å²) in [5.41, 5.74) is 1.81. The van der Waals surface area contributed by atoms with Gasteiger partial charge in [0.15, 0.2) is 0 Å². The monoisotopic (exact) mass is 293 g/mol. The first-order chi connectivity index (χ1) is 9.49. The summed E-state index contributed by atoms with van der Waals surface area (Å²) < 4.78 is 5.06. The quantitative estimate of drug-likeness (QED) is 0.920. The second-order valence-electron chi connectivity index (χ2n) is 4.83. The summed E-state index contributed by atoms with van der Waals surface area (Å²) in [5, 5.41) is 7.74. The Bertz CT molecular complexity index is 584. The fourth-order valence-electron chi connectivity index (χ4n) is 1.89. The molecule has 0 aromatic carbocycles. The molecule has 0 unspecified atom stereocenters. The van der Waals surface area contributed by atoms with Crippen molar-refractivity contribution in [3.05, 3.63) is 33.1 Å². The fraction of sp³-hybridized carbons (Fsp3) is 0.500. The van der Waals surface area contributed by atoms with Gasteiger partial charge in [-0.2, -0.15) is 0 Å². The van der Waals surface area contributed by atoms with Gasteiger partial charge in [0.25, 0.3) is 0 Å². The smallest absolute Gasteiger partial charge is 0.228 e. The van der Waals surface area contributed by atoms with Crippen molar-refractivity contribution in [2.75, 3.05) is 0 Å². The lowest BCUT2D eigenvalue weighted by molar-refractivity contribution is -0.121. The van der Waals surface area contributed by atoms with E-state index in [-0.39, 0.29) is 18.4 Å². The molecule has 2 aromatic heterocycles. The van der Waals surface area contributed by atoms with Crippen LogP contribution in [0.5, 0.6) is 0 Å². The highest BCUT2D eigenvalue weighted by Gasteiger charge is 2.18.